The lowest BCUT2D eigenvalue weighted by molar-refractivity contribution is 0.360. The van der Waals surface area contributed by atoms with Crippen LogP contribution in [0, 0.1) is 0 Å². The van der Waals surface area contributed by atoms with E-state index < -0.39 is 0 Å². The molecule has 0 aromatic carbocycles. The van der Waals surface area contributed by atoms with Gasteiger partial charge in [-0.25, -0.2) is 15.0 Å². The molecule has 0 saturated carbocycles. The van der Waals surface area contributed by atoms with E-state index in [1.165, 1.54) is 0 Å². The number of thiazole rings is 1. The maximum atomic E-state index is 5.99. The zero-order valence-corrected chi connectivity index (χ0v) is 12.3. The molecule has 1 aliphatic rings. The minimum Gasteiger partial charge on any atom is -0.356 e. The van der Waals surface area contributed by atoms with Gasteiger partial charge in [0.1, 0.15) is 21.5 Å². The molecule has 0 spiro atoms. The van der Waals surface area contributed by atoms with E-state index >= 15 is 0 Å². The molecular formula is C13H15ClN4S. The number of hydrogen-bond acceptors (Lipinski definition) is 5. The summed E-state index contributed by atoms with van der Waals surface area (Å²) < 4.78 is 0.773. The molecule has 0 bridgehead atoms. The van der Waals surface area contributed by atoms with E-state index in [2.05, 4.69) is 26.8 Å². The summed E-state index contributed by atoms with van der Waals surface area (Å²) in [7, 11) is 0. The lowest BCUT2D eigenvalue weighted by Crippen LogP contribution is -2.41. The van der Waals surface area contributed by atoms with Gasteiger partial charge in [-0.2, -0.15) is 0 Å². The predicted molar refractivity (Wildman–Crippen MR) is 78.0 cm³/mol. The first kappa shape index (κ1) is 12.8. The van der Waals surface area contributed by atoms with Crippen LogP contribution in [-0.4, -0.2) is 28.0 Å². The molecule has 2 aromatic rings. The highest BCUT2D eigenvalue weighted by Gasteiger charge is 2.34. The van der Waals surface area contributed by atoms with Crippen molar-refractivity contribution in [2.75, 3.05) is 18.0 Å². The Balaban J connectivity index is 1.72. The van der Waals surface area contributed by atoms with E-state index in [-0.39, 0.29) is 5.41 Å². The van der Waals surface area contributed by atoms with Gasteiger partial charge in [0.2, 0.25) is 0 Å². The van der Waals surface area contributed by atoms with Crippen LogP contribution in [0.3, 0.4) is 0 Å². The van der Waals surface area contributed by atoms with E-state index in [1.54, 1.807) is 30.1 Å². The molecule has 1 saturated heterocycles. The predicted octanol–water partition coefficient (Wildman–Crippen LogP) is 3.14. The molecule has 4 nitrogen and oxygen atoms in total. The van der Waals surface area contributed by atoms with Crippen LogP contribution in [0.1, 0.15) is 24.8 Å². The van der Waals surface area contributed by atoms with E-state index in [1.807, 2.05) is 6.07 Å². The van der Waals surface area contributed by atoms with Crippen LogP contribution in [0.25, 0.3) is 0 Å². The molecule has 2 aromatic heterocycles. The first-order chi connectivity index (χ1) is 9.17. The molecule has 0 aliphatic carbocycles. The molecule has 3 heterocycles. The number of rotatable bonds is 2. The van der Waals surface area contributed by atoms with Crippen molar-refractivity contribution in [2.45, 2.75) is 25.2 Å². The molecule has 0 N–H and O–H groups in total. The standard InChI is InChI=1S/C13H15ClN4S/c1-13(12-16-8-10(14)19-12)3-6-18(7-4-13)11-2-5-15-9-17-11/h2,5,8-9H,3-4,6-7H2,1H3. The van der Waals surface area contributed by atoms with Crippen molar-refractivity contribution in [2.24, 2.45) is 0 Å². The highest BCUT2D eigenvalue weighted by molar-refractivity contribution is 7.15. The highest BCUT2D eigenvalue weighted by atomic mass is 35.5. The van der Waals surface area contributed by atoms with Crippen molar-refractivity contribution >= 4 is 28.8 Å². The molecule has 1 aliphatic heterocycles. The quantitative estimate of drug-likeness (QED) is 0.853. The fourth-order valence-corrected chi connectivity index (χ4v) is 3.56. The summed E-state index contributed by atoms with van der Waals surface area (Å²) in [5.74, 6) is 1.01. The van der Waals surface area contributed by atoms with Crippen LogP contribution >= 0.6 is 22.9 Å². The molecule has 3 rings (SSSR count). The maximum Gasteiger partial charge on any atom is 0.131 e. The Morgan fingerprint density at radius 3 is 2.68 bits per heavy atom. The Bertz CT molecular complexity index is 549. The van der Waals surface area contributed by atoms with Gasteiger partial charge in [0.15, 0.2) is 0 Å². The molecule has 0 amide bonds. The van der Waals surface area contributed by atoms with Crippen LogP contribution in [-0.2, 0) is 5.41 Å². The summed E-state index contributed by atoms with van der Waals surface area (Å²) in [5.41, 5.74) is 0.140. The average Bonchev–Trinajstić information content (AvgIpc) is 2.88. The second kappa shape index (κ2) is 5.06. The van der Waals surface area contributed by atoms with Gasteiger partial charge < -0.3 is 4.90 Å². The van der Waals surface area contributed by atoms with E-state index in [9.17, 15) is 0 Å². The highest BCUT2D eigenvalue weighted by Crippen LogP contribution is 2.38. The van der Waals surface area contributed by atoms with E-state index in [0.29, 0.717) is 0 Å². The SMILES string of the molecule is CC1(c2ncc(Cl)s2)CCN(c2ccncn2)CC1. The molecular weight excluding hydrogens is 280 g/mol. The number of hydrogen-bond donors (Lipinski definition) is 0. The van der Waals surface area contributed by atoms with Gasteiger partial charge >= 0.3 is 0 Å². The average molecular weight is 295 g/mol. The second-order valence-corrected chi connectivity index (χ2v) is 6.75. The van der Waals surface area contributed by atoms with Crippen molar-refractivity contribution in [3.05, 3.63) is 34.1 Å². The molecule has 19 heavy (non-hydrogen) atoms. The zero-order valence-electron chi connectivity index (χ0n) is 10.7. The third-order valence-electron chi connectivity index (χ3n) is 3.75. The lowest BCUT2D eigenvalue weighted by atomic mass is 9.81. The molecule has 1 fully saturated rings. The van der Waals surface area contributed by atoms with Crippen molar-refractivity contribution in [1.29, 1.82) is 0 Å². The Labute approximate surface area is 121 Å². The Kier molecular flexibility index (Phi) is 3.41. The lowest BCUT2D eigenvalue weighted by Gasteiger charge is -2.38. The molecule has 0 atom stereocenters. The summed E-state index contributed by atoms with van der Waals surface area (Å²) in [6.45, 7) is 4.26. The fourth-order valence-electron chi connectivity index (χ4n) is 2.45. The van der Waals surface area contributed by atoms with Gasteiger partial charge in [-0.05, 0) is 18.9 Å². The number of anilines is 1. The van der Waals surface area contributed by atoms with Gasteiger partial charge in [-0.3, -0.25) is 0 Å². The van der Waals surface area contributed by atoms with Crippen molar-refractivity contribution in [3.63, 3.8) is 0 Å². The maximum absolute atomic E-state index is 5.99. The van der Waals surface area contributed by atoms with Crippen molar-refractivity contribution in [3.8, 4) is 0 Å². The Morgan fingerprint density at radius 1 is 1.32 bits per heavy atom. The third-order valence-corrected chi connectivity index (χ3v) is 5.17. The third kappa shape index (κ3) is 2.58. The van der Waals surface area contributed by atoms with Crippen molar-refractivity contribution in [1.82, 2.24) is 15.0 Å². The summed E-state index contributed by atoms with van der Waals surface area (Å²) in [5, 5.41) is 1.15. The van der Waals surface area contributed by atoms with Crippen LogP contribution in [0.4, 0.5) is 5.82 Å². The summed E-state index contributed by atoms with van der Waals surface area (Å²) in [4.78, 5) is 15.0. The number of nitrogens with zero attached hydrogens (tertiary/aromatic N) is 4. The summed E-state index contributed by atoms with van der Waals surface area (Å²) in [6.07, 6.45) is 7.28. The zero-order chi connectivity index (χ0) is 13.3. The first-order valence-electron chi connectivity index (χ1n) is 6.30. The van der Waals surface area contributed by atoms with E-state index in [4.69, 9.17) is 11.6 Å². The Hall–Kier alpha value is -1.20. The van der Waals surface area contributed by atoms with Crippen LogP contribution < -0.4 is 4.90 Å². The summed E-state index contributed by atoms with van der Waals surface area (Å²) in [6, 6.07) is 1.96. The molecule has 0 unspecified atom stereocenters. The second-order valence-electron chi connectivity index (χ2n) is 5.08. The number of halogens is 1. The van der Waals surface area contributed by atoms with Gasteiger partial charge in [-0.15, -0.1) is 11.3 Å². The monoisotopic (exact) mass is 294 g/mol. The van der Waals surface area contributed by atoms with Gasteiger partial charge in [-0.1, -0.05) is 18.5 Å². The minimum atomic E-state index is 0.140. The van der Waals surface area contributed by atoms with Gasteiger partial charge in [0.05, 0.1) is 6.20 Å². The number of aromatic nitrogens is 3. The normalized spacial score (nSPS) is 18.5. The largest absolute Gasteiger partial charge is 0.356 e. The van der Waals surface area contributed by atoms with Gasteiger partial charge in [0, 0.05) is 24.7 Å². The smallest absolute Gasteiger partial charge is 0.131 e. The topological polar surface area (TPSA) is 41.9 Å². The van der Waals surface area contributed by atoms with Crippen LogP contribution in [0.5, 0.6) is 0 Å². The first-order valence-corrected chi connectivity index (χ1v) is 7.50. The van der Waals surface area contributed by atoms with Crippen LogP contribution in [0.15, 0.2) is 24.8 Å². The molecule has 100 valence electrons. The van der Waals surface area contributed by atoms with Crippen LogP contribution in [0.2, 0.25) is 4.34 Å². The molecule has 6 heteroatoms. The van der Waals surface area contributed by atoms with E-state index in [0.717, 1.165) is 41.1 Å². The van der Waals surface area contributed by atoms with Crippen molar-refractivity contribution < 1.29 is 0 Å². The number of piperidine rings is 1. The summed E-state index contributed by atoms with van der Waals surface area (Å²) >= 11 is 7.60. The molecule has 0 radical (unpaired) electrons. The van der Waals surface area contributed by atoms with Gasteiger partial charge in [0.25, 0.3) is 0 Å². The fraction of sp³-hybridized carbons (Fsp3) is 0.462. The minimum absolute atomic E-state index is 0.140. The Morgan fingerprint density at radius 2 is 2.11 bits per heavy atom.